The highest BCUT2D eigenvalue weighted by atomic mass is 16.2. The Morgan fingerprint density at radius 2 is 1.96 bits per heavy atom. The van der Waals surface area contributed by atoms with Crippen molar-refractivity contribution in [2.45, 2.75) is 12.5 Å². The largest absolute Gasteiger partial charge is 0.361 e. The van der Waals surface area contributed by atoms with Crippen LogP contribution in [0.3, 0.4) is 0 Å². The van der Waals surface area contributed by atoms with Gasteiger partial charge in [-0.1, -0.05) is 42.5 Å². The van der Waals surface area contributed by atoms with Gasteiger partial charge in [-0.15, -0.1) is 0 Å². The molecule has 1 saturated heterocycles. The molecule has 2 aromatic carbocycles. The molecule has 4 rings (SSSR count). The number of para-hydroxylation sites is 1. The fourth-order valence-electron chi connectivity index (χ4n) is 3.87. The van der Waals surface area contributed by atoms with Crippen molar-refractivity contribution in [1.82, 2.24) is 15.2 Å². The number of likely N-dealkylation sites (tertiary alicyclic amines) is 1. The van der Waals surface area contributed by atoms with Crippen molar-refractivity contribution >= 4 is 22.7 Å². The highest BCUT2D eigenvalue weighted by molar-refractivity contribution is 6.05. The van der Waals surface area contributed by atoms with Crippen LogP contribution < -0.4 is 5.32 Å². The number of hydrogen-bond acceptors (Lipinski definition) is 2. The van der Waals surface area contributed by atoms with Gasteiger partial charge in [0.15, 0.2) is 0 Å². The molecule has 0 bridgehead atoms. The summed E-state index contributed by atoms with van der Waals surface area (Å²) in [7, 11) is 1.83. The number of nitrogens with one attached hydrogen (secondary N) is 2. The number of benzene rings is 2. The zero-order valence-corrected chi connectivity index (χ0v) is 14.6. The Bertz CT molecular complexity index is 948. The van der Waals surface area contributed by atoms with Crippen LogP contribution in [0.25, 0.3) is 10.9 Å². The van der Waals surface area contributed by atoms with E-state index in [9.17, 15) is 9.59 Å². The van der Waals surface area contributed by atoms with Crippen LogP contribution in [0.5, 0.6) is 0 Å². The number of carbonyl (C=O) groups excluding carboxylic acids is 2. The SMILES string of the molecule is CN1C(=O)C[C@H](CNC(=O)c2cccc3cc[nH]c23)[C@@H]1c1ccccc1. The molecule has 0 radical (unpaired) electrons. The number of fused-ring (bicyclic) bond motifs is 1. The molecule has 5 nitrogen and oxygen atoms in total. The smallest absolute Gasteiger partial charge is 0.253 e. The Balaban J connectivity index is 1.52. The number of rotatable bonds is 4. The summed E-state index contributed by atoms with van der Waals surface area (Å²) in [5.74, 6) is 0.0538. The lowest BCUT2D eigenvalue weighted by atomic mass is 9.93. The summed E-state index contributed by atoms with van der Waals surface area (Å²) in [6, 6.07) is 17.6. The maximum Gasteiger partial charge on any atom is 0.253 e. The van der Waals surface area contributed by atoms with E-state index in [1.165, 1.54) is 0 Å². The van der Waals surface area contributed by atoms with E-state index in [1.54, 1.807) is 4.90 Å². The summed E-state index contributed by atoms with van der Waals surface area (Å²) in [6.07, 6.45) is 2.28. The second-order valence-corrected chi connectivity index (χ2v) is 6.78. The van der Waals surface area contributed by atoms with Gasteiger partial charge in [-0.05, 0) is 17.7 Å². The Hall–Kier alpha value is -3.08. The van der Waals surface area contributed by atoms with E-state index in [4.69, 9.17) is 0 Å². The number of hydrogen-bond donors (Lipinski definition) is 2. The first-order valence-corrected chi connectivity index (χ1v) is 8.80. The first-order chi connectivity index (χ1) is 12.6. The normalized spacial score (nSPS) is 19.9. The van der Waals surface area contributed by atoms with E-state index >= 15 is 0 Å². The second kappa shape index (κ2) is 6.67. The van der Waals surface area contributed by atoms with E-state index in [1.807, 2.05) is 67.8 Å². The molecule has 1 fully saturated rings. The lowest BCUT2D eigenvalue weighted by molar-refractivity contribution is -0.127. The van der Waals surface area contributed by atoms with Crippen molar-refractivity contribution < 1.29 is 9.59 Å². The summed E-state index contributed by atoms with van der Waals surface area (Å²) in [6.45, 7) is 0.464. The number of aromatic nitrogens is 1. The van der Waals surface area contributed by atoms with E-state index in [2.05, 4.69) is 10.3 Å². The lowest BCUT2D eigenvalue weighted by Crippen LogP contribution is -2.32. The molecule has 0 aliphatic carbocycles. The fraction of sp³-hybridized carbons (Fsp3) is 0.238. The zero-order valence-electron chi connectivity index (χ0n) is 14.6. The first kappa shape index (κ1) is 16.4. The van der Waals surface area contributed by atoms with Crippen molar-refractivity contribution in [3.05, 3.63) is 71.9 Å². The Labute approximate surface area is 152 Å². The van der Waals surface area contributed by atoms with Crippen LogP contribution in [-0.4, -0.2) is 35.3 Å². The molecular weight excluding hydrogens is 326 g/mol. The molecule has 0 spiro atoms. The zero-order chi connectivity index (χ0) is 18.1. The van der Waals surface area contributed by atoms with E-state index in [0.717, 1.165) is 16.5 Å². The van der Waals surface area contributed by atoms with Gasteiger partial charge >= 0.3 is 0 Å². The van der Waals surface area contributed by atoms with Gasteiger partial charge in [-0.25, -0.2) is 0 Å². The summed E-state index contributed by atoms with van der Waals surface area (Å²) in [5.41, 5.74) is 2.57. The van der Waals surface area contributed by atoms with Crippen LogP contribution >= 0.6 is 0 Å². The van der Waals surface area contributed by atoms with Crippen LogP contribution in [0.4, 0.5) is 0 Å². The van der Waals surface area contributed by atoms with Crippen LogP contribution in [0.1, 0.15) is 28.4 Å². The maximum absolute atomic E-state index is 12.7. The topological polar surface area (TPSA) is 65.2 Å². The molecule has 0 saturated carbocycles. The number of H-pyrrole nitrogens is 1. The van der Waals surface area contributed by atoms with Crippen molar-refractivity contribution in [1.29, 1.82) is 0 Å². The third kappa shape index (κ3) is 2.86. The molecule has 2 atom stereocenters. The van der Waals surface area contributed by atoms with Crippen LogP contribution in [-0.2, 0) is 4.79 Å². The van der Waals surface area contributed by atoms with Crippen molar-refractivity contribution in [3.8, 4) is 0 Å². The van der Waals surface area contributed by atoms with Gasteiger partial charge in [0.05, 0.1) is 17.1 Å². The first-order valence-electron chi connectivity index (χ1n) is 8.80. The minimum Gasteiger partial charge on any atom is -0.361 e. The summed E-state index contributed by atoms with van der Waals surface area (Å²) in [4.78, 5) is 29.8. The van der Waals surface area contributed by atoms with E-state index in [0.29, 0.717) is 18.5 Å². The van der Waals surface area contributed by atoms with Gasteiger partial charge in [-0.2, -0.15) is 0 Å². The second-order valence-electron chi connectivity index (χ2n) is 6.78. The Kier molecular flexibility index (Phi) is 4.21. The molecule has 2 amide bonds. The molecule has 2 heterocycles. The van der Waals surface area contributed by atoms with Crippen LogP contribution in [0.15, 0.2) is 60.8 Å². The van der Waals surface area contributed by atoms with Crippen LogP contribution in [0.2, 0.25) is 0 Å². The van der Waals surface area contributed by atoms with Gasteiger partial charge in [0.25, 0.3) is 5.91 Å². The minimum atomic E-state index is -0.119. The van der Waals surface area contributed by atoms with E-state index < -0.39 is 0 Å². The molecule has 3 aromatic rings. The molecule has 1 aliphatic rings. The third-order valence-corrected chi connectivity index (χ3v) is 5.19. The third-order valence-electron chi connectivity index (χ3n) is 5.19. The highest BCUT2D eigenvalue weighted by Crippen LogP contribution is 2.36. The molecule has 0 unspecified atom stereocenters. The number of aromatic amines is 1. The van der Waals surface area contributed by atoms with Crippen molar-refractivity contribution in [2.75, 3.05) is 13.6 Å². The quantitative estimate of drug-likeness (QED) is 0.762. The van der Waals surface area contributed by atoms with Gasteiger partial charge in [0, 0.05) is 37.5 Å². The number of amides is 2. The van der Waals surface area contributed by atoms with E-state index in [-0.39, 0.29) is 23.8 Å². The lowest BCUT2D eigenvalue weighted by Gasteiger charge is -2.25. The van der Waals surface area contributed by atoms with Gasteiger partial charge in [0.1, 0.15) is 0 Å². The Morgan fingerprint density at radius 3 is 2.77 bits per heavy atom. The molecule has 2 N–H and O–H groups in total. The molecule has 1 aromatic heterocycles. The average Bonchev–Trinajstić information content (AvgIpc) is 3.25. The summed E-state index contributed by atoms with van der Waals surface area (Å²) in [5, 5.41) is 4.04. The molecule has 5 heteroatoms. The Morgan fingerprint density at radius 1 is 1.15 bits per heavy atom. The molecular formula is C21H21N3O2. The predicted octanol–water partition coefficient (Wildman–Crippen LogP) is 3.12. The highest BCUT2D eigenvalue weighted by Gasteiger charge is 2.38. The summed E-state index contributed by atoms with van der Waals surface area (Å²) < 4.78 is 0. The molecule has 1 aliphatic heterocycles. The summed E-state index contributed by atoms with van der Waals surface area (Å²) >= 11 is 0. The van der Waals surface area contributed by atoms with Crippen molar-refractivity contribution in [3.63, 3.8) is 0 Å². The maximum atomic E-state index is 12.7. The number of carbonyl (C=O) groups is 2. The molecule has 26 heavy (non-hydrogen) atoms. The van der Waals surface area contributed by atoms with Crippen molar-refractivity contribution in [2.24, 2.45) is 5.92 Å². The minimum absolute atomic E-state index is 0.00900. The monoisotopic (exact) mass is 347 g/mol. The predicted molar refractivity (Wildman–Crippen MR) is 101 cm³/mol. The van der Waals surface area contributed by atoms with Crippen LogP contribution in [0, 0.1) is 5.92 Å². The standard InChI is InChI=1S/C21H21N3O2/c1-24-18(25)12-16(20(24)15-6-3-2-4-7-15)13-23-21(26)17-9-5-8-14-10-11-22-19(14)17/h2-11,16,20,22H,12-13H2,1H3,(H,23,26)/t16-,20+/m1/s1. The average molecular weight is 347 g/mol. The van der Waals surface area contributed by atoms with Gasteiger partial charge < -0.3 is 15.2 Å². The van der Waals surface area contributed by atoms with Gasteiger partial charge in [0.2, 0.25) is 5.91 Å². The molecule has 132 valence electrons. The van der Waals surface area contributed by atoms with Gasteiger partial charge in [-0.3, -0.25) is 9.59 Å². The number of nitrogens with zero attached hydrogens (tertiary/aromatic N) is 1. The fourth-order valence-corrected chi connectivity index (χ4v) is 3.87.